The van der Waals surface area contributed by atoms with Gasteiger partial charge < -0.3 is 25.7 Å². The number of benzene rings is 1. The van der Waals surface area contributed by atoms with Crippen LogP contribution in [-0.4, -0.2) is 37.9 Å². The number of amidine groups is 1. The zero-order chi connectivity index (χ0) is 15.7. The number of nitrogens with two attached hydrogens (primary N) is 1. The van der Waals surface area contributed by atoms with Gasteiger partial charge in [0.05, 0.1) is 25.9 Å². The molecular formula is C15H23N3O3. The molecule has 0 unspecified atom stereocenters. The second kappa shape index (κ2) is 8.99. The largest absolute Gasteiger partial charge is 0.496 e. The minimum absolute atomic E-state index is 0.0264. The van der Waals surface area contributed by atoms with Crippen LogP contribution in [0.2, 0.25) is 0 Å². The molecule has 0 saturated heterocycles. The molecule has 4 N–H and O–H groups in total. The summed E-state index contributed by atoms with van der Waals surface area (Å²) in [6.07, 6.45) is 0. The van der Waals surface area contributed by atoms with E-state index in [1.807, 2.05) is 19.1 Å². The highest BCUT2D eigenvalue weighted by atomic mass is 16.5. The SMILES string of the molecule is C=C(C)COCCNCc1ccc(OC)c(/C(N)=N/O)c1. The fourth-order valence-corrected chi connectivity index (χ4v) is 1.74. The van der Waals surface area contributed by atoms with Crippen molar-refractivity contribution in [3.63, 3.8) is 0 Å². The molecule has 0 aliphatic carbocycles. The van der Waals surface area contributed by atoms with Crippen molar-refractivity contribution in [3.05, 3.63) is 41.5 Å². The Morgan fingerprint density at radius 1 is 1.48 bits per heavy atom. The fourth-order valence-electron chi connectivity index (χ4n) is 1.74. The third-order valence-electron chi connectivity index (χ3n) is 2.75. The zero-order valence-corrected chi connectivity index (χ0v) is 12.6. The highest BCUT2D eigenvalue weighted by Crippen LogP contribution is 2.19. The van der Waals surface area contributed by atoms with E-state index in [0.717, 1.165) is 17.7 Å². The van der Waals surface area contributed by atoms with E-state index < -0.39 is 0 Å². The maximum atomic E-state index is 8.79. The molecule has 0 aromatic heterocycles. The Hall–Kier alpha value is -2.05. The molecule has 0 aliphatic heterocycles. The molecule has 0 amide bonds. The molecule has 0 aliphatic rings. The van der Waals surface area contributed by atoms with E-state index in [4.69, 9.17) is 20.4 Å². The van der Waals surface area contributed by atoms with Crippen LogP contribution in [0.5, 0.6) is 5.75 Å². The Bertz CT molecular complexity index is 501. The van der Waals surface area contributed by atoms with Crippen molar-refractivity contribution in [2.75, 3.05) is 26.9 Å². The van der Waals surface area contributed by atoms with Gasteiger partial charge in [-0.3, -0.25) is 0 Å². The minimum Gasteiger partial charge on any atom is -0.496 e. The summed E-state index contributed by atoms with van der Waals surface area (Å²) in [5, 5.41) is 15.1. The van der Waals surface area contributed by atoms with Gasteiger partial charge in [-0.1, -0.05) is 23.4 Å². The zero-order valence-electron chi connectivity index (χ0n) is 12.6. The summed E-state index contributed by atoms with van der Waals surface area (Å²) in [6, 6.07) is 5.55. The molecule has 0 radical (unpaired) electrons. The Morgan fingerprint density at radius 2 is 2.24 bits per heavy atom. The average Bonchev–Trinajstić information content (AvgIpc) is 2.49. The van der Waals surface area contributed by atoms with Gasteiger partial charge in [-0.25, -0.2) is 0 Å². The smallest absolute Gasteiger partial charge is 0.173 e. The molecule has 21 heavy (non-hydrogen) atoms. The highest BCUT2D eigenvalue weighted by molar-refractivity contribution is 5.99. The van der Waals surface area contributed by atoms with E-state index in [2.05, 4.69) is 17.1 Å². The summed E-state index contributed by atoms with van der Waals surface area (Å²) < 4.78 is 10.6. The van der Waals surface area contributed by atoms with Gasteiger partial charge in [0.1, 0.15) is 5.75 Å². The van der Waals surface area contributed by atoms with Crippen molar-refractivity contribution in [2.45, 2.75) is 13.5 Å². The third-order valence-corrected chi connectivity index (χ3v) is 2.75. The van der Waals surface area contributed by atoms with Crippen molar-refractivity contribution < 1.29 is 14.7 Å². The molecule has 6 nitrogen and oxygen atoms in total. The lowest BCUT2D eigenvalue weighted by atomic mass is 10.1. The first-order valence-electron chi connectivity index (χ1n) is 6.66. The monoisotopic (exact) mass is 293 g/mol. The molecule has 0 saturated carbocycles. The number of nitrogens with one attached hydrogen (secondary N) is 1. The Labute approximate surface area is 125 Å². The number of oxime groups is 1. The first kappa shape index (κ1) is 17.0. The summed E-state index contributed by atoms with van der Waals surface area (Å²) in [5.74, 6) is 0.595. The van der Waals surface area contributed by atoms with E-state index in [0.29, 0.717) is 31.1 Å². The molecule has 0 bridgehead atoms. The lowest BCUT2D eigenvalue weighted by Crippen LogP contribution is -2.20. The summed E-state index contributed by atoms with van der Waals surface area (Å²) in [6.45, 7) is 8.30. The molecule has 1 aromatic carbocycles. The van der Waals surface area contributed by atoms with Crippen molar-refractivity contribution in [1.82, 2.24) is 5.32 Å². The number of methoxy groups -OCH3 is 1. The number of hydrogen-bond donors (Lipinski definition) is 3. The Kier molecular flexibility index (Phi) is 7.28. The van der Waals surface area contributed by atoms with E-state index in [-0.39, 0.29) is 5.84 Å². The van der Waals surface area contributed by atoms with E-state index >= 15 is 0 Å². The van der Waals surface area contributed by atoms with E-state index in [9.17, 15) is 0 Å². The summed E-state index contributed by atoms with van der Waals surface area (Å²) in [5.41, 5.74) is 8.22. The summed E-state index contributed by atoms with van der Waals surface area (Å²) in [7, 11) is 1.54. The van der Waals surface area contributed by atoms with Gasteiger partial charge in [-0.05, 0) is 24.6 Å². The lowest BCUT2D eigenvalue weighted by molar-refractivity contribution is 0.158. The van der Waals surface area contributed by atoms with Gasteiger partial charge in [0.15, 0.2) is 5.84 Å². The molecular weight excluding hydrogens is 270 g/mol. The normalized spacial score (nSPS) is 11.4. The van der Waals surface area contributed by atoms with Crippen LogP contribution < -0.4 is 15.8 Å². The van der Waals surface area contributed by atoms with Gasteiger partial charge in [0, 0.05) is 13.1 Å². The molecule has 0 heterocycles. The standard InChI is InChI=1S/C15H23N3O3/c1-11(2)10-21-7-6-17-9-12-4-5-14(20-3)13(8-12)15(16)18-19/h4-5,8,17,19H,1,6-7,9-10H2,2-3H3,(H2,16,18). The Balaban J connectivity index is 2.51. The van der Waals surface area contributed by atoms with Crippen LogP contribution in [0.4, 0.5) is 0 Å². The maximum Gasteiger partial charge on any atom is 0.173 e. The van der Waals surface area contributed by atoms with Crippen molar-refractivity contribution in [2.24, 2.45) is 10.9 Å². The molecule has 1 aromatic rings. The summed E-state index contributed by atoms with van der Waals surface area (Å²) in [4.78, 5) is 0. The Morgan fingerprint density at radius 3 is 2.86 bits per heavy atom. The van der Waals surface area contributed by atoms with Crippen molar-refractivity contribution in [1.29, 1.82) is 0 Å². The first-order valence-corrected chi connectivity index (χ1v) is 6.66. The van der Waals surface area contributed by atoms with Crippen LogP contribution in [0.25, 0.3) is 0 Å². The highest BCUT2D eigenvalue weighted by Gasteiger charge is 2.08. The van der Waals surface area contributed by atoms with Crippen LogP contribution in [0, 0.1) is 0 Å². The van der Waals surface area contributed by atoms with Crippen molar-refractivity contribution in [3.8, 4) is 5.75 Å². The van der Waals surface area contributed by atoms with Gasteiger partial charge in [0.2, 0.25) is 0 Å². The van der Waals surface area contributed by atoms with Gasteiger partial charge in [-0.2, -0.15) is 0 Å². The topological polar surface area (TPSA) is 89.1 Å². The van der Waals surface area contributed by atoms with Crippen molar-refractivity contribution >= 4 is 5.84 Å². The molecule has 0 fully saturated rings. The molecule has 0 atom stereocenters. The predicted octanol–water partition coefficient (Wildman–Crippen LogP) is 1.47. The minimum atomic E-state index is 0.0264. The molecule has 116 valence electrons. The van der Waals surface area contributed by atoms with Crippen LogP contribution in [0.15, 0.2) is 35.5 Å². The predicted molar refractivity (Wildman–Crippen MR) is 82.8 cm³/mol. The second-order valence-electron chi connectivity index (χ2n) is 4.71. The lowest BCUT2D eigenvalue weighted by Gasteiger charge is -2.10. The first-order chi connectivity index (χ1) is 10.1. The molecule has 0 spiro atoms. The van der Waals surface area contributed by atoms with Gasteiger partial charge in [0.25, 0.3) is 0 Å². The van der Waals surface area contributed by atoms with Crippen LogP contribution in [0.1, 0.15) is 18.1 Å². The number of nitrogens with zero attached hydrogens (tertiary/aromatic N) is 1. The van der Waals surface area contributed by atoms with Gasteiger partial charge in [-0.15, -0.1) is 0 Å². The molecule has 6 heteroatoms. The number of hydrogen-bond acceptors (Lipinski definition) is 5. The van der Waals surface area contributed by atoms with Crippen LogP contribution in [-0.2, 0) is 11.3 Å². The summed E-state index contributed by atoms with van der Waals surface area (Å²) >= 11 is 0. The maximum absolute atomic E-state index is 8.79. The third kappa shape index (κ3) is 5.85. The fraction of sp³-hybridized carbons (Fsp3) is 0.400. The quantitative estimate of drug-likeness (QED) is 0.160. The average molecular weight is 293 g/mol. The number of ether oxygens (including phenoxy) is 2. The molecule has 1 rings (SSSR count). The van der Waals surface area contributed by atoms with E-state index in [1.165, 1.54) is 0 Å². The second-order valence-corrected chi connectivity index (χ2v) is 4.71. The van der Waals surface area contributed by atoms with Crippen LogP contribution in [0.3, 0.4) is 0 Å². The van der Waals surface area contributed by atoms with Crippen LogP contribution >= 0.6 is 0 Å². The number of rotatable bonds is 9. The van der Waals surface area contributed by atoms with Gasteiger partial charge >= 0.3 is 0 Å². The van der Waals surface area contributed by atoms with E-state index in [1.54, 1.807) is 13.2 Å².